The first-order valence-corrected chi connectivity index (χ1v) is 6.78. The Balaban J connectivity index is 1.89. The Morgan fingerprint density at radius 3 is 2.76 bits per heavy atom. The first kappa shape index (κ1) is 15.4. The number of hydrogen-bond donors (Lipinski definition) is 3. The van der Waals surface area contributed by atoms with Gasteiger partial charge in [0.25, 0.3) is 0 Å². The Hall–Kier alpha value is -1.99. The fraction of sp³-hybridized carbons (Fsp3) is 0.429. The summed E-state index contributed by atoms with van der Waals surface area (Å²) in [5.41, 5.74) is 5.17. The molecule has 0 saturated carbocycles. The topological polar surface area (TPSA) is 93.5 Å². The summed E-state index contributed by atoms with van der Waals surface area (Å²) in [5.74, 6) is -1.78. The molecular formula is C14H18FN3O3. The second-order valence-electron chi connectivity index (χ2n) is 4.87. The molecule has 0 aromatic heterocycles. The standard InChI is InChI=1S/C14H18FN3O3/c15-11-2-1-9(14(16)20)7-12(11)18-13(19)8-21-10-3-5-17-6-4-10/h1-2,7,10,17H,3-6,8H2,(H2,16,20)(H,18,19). The molecule has 0 bridgehead atoms. The zero-order valence-corrected chi connectivity index (χ0v) is 11.5. The number of primary amides is 1. The molecule has 21 heavy (non-hydrogen) atoms. The number of benzene rings is 1. The number of hydrogen-bond acceptors (Lipinski definition) is 4. The second-order valence-corrected chi connectivity index (χ2v) is 4.87. The van der Waals surface area contributed by atoms with Crippen LogP contribution in [0.1, 0.15) is 23.2 Å². The van der Waals surface area contributed by atoms with Crippen LogP contribution in [0.2, 0.25) is 0 Å². The average Bonchev–Trinajstić information content (AvgIpc) is 2.48. The predicted octanol–water partition coefficient (Wildman–Crippen LogP) is 0.632. The van der Waals surface area contributed by atoms with E-state index in [1.165, 1.54) is 12.1 Å². The van der Waals surface area contributed by atoms with Gasteiger partial charge in [-0.1, -0.05) is 0 Å². The molecule has 1 aliphatic heterocycles. The van der Waals surface area contributed by atoms with Crippen LogP contribution in [0.15, 0.2) is 18.2 Å². The van der Waals surface area contributed by atoms with Crippen molar-refractivity contribution in [2.45, 2.75) is 18.9 Å². The summed E-state index contributed by atoms with van der Waals surface area (Å²) in [6, 6.07) is 3.56. The SMILES string of the molecule is NC(=O)c1ccc(F)c(NC(=O)COC2CCNCC2)c1. The lowest BCUT2D eigenvalue weighted by atomic mass is 10.1. The smallest absolute Gasteiger partial charge is 0.250 e. The normalized spacial score (nSPS) is 15.7. The molecular weight excluding hydrogens is 277 g/mol. The highest BCUT2D eigenvalue weighted by Crippen LogP contribution is 2.16. The summed E-state index contributed by atoms with van der Waals surface area (Å²) in [6.07, 6.45) is 1.73. The van der Waals surface area contributed by atoms with Gasteiger partial charge in [0.15, 0.2) is 0 Å². The summed E-state index contributed by atoms with van der Waals surface area (Å²) in [4.78, 5) is 22.8. The lowest BCUT2D eigenvalue weighted by Gasteiger charge is -2.22. The molecule has 2 amide bonds. The third kappa shape index (κ3) is 4.51. The van der Waals surface area contributed by atoms with Crippen molar-refractivity contribution >= 4 is 17.5 Å². The van der Waals surface area contributed by atoms with E-state index in [4.69, 9.17) is 10.5 Å². The van der Waals surface area contributed by atoms with Gasteiger partial charge >= 0.3 is 0 Å². The molecule has 0 aliphatic carbocycles. The van der Waals surface area contributed by atoms with Gasteiger partial charge < -0.3 is 21.1 Å². The van der Waals surface area contributed by atoms with Gasteiger partial charge in [0.05, 0.1) is 11.8 Å². The van der Waals surface area contributed by atoms with Gasteiger partial charge in [-0.15, -0.1) is 0 Å². The Bertz CT molecular complexity index is 530. The van der Waals surface area contributed by atoms with Crippen LogP contribution in [0.25, 0.3) is 0 Å². The first-order chi connectivity index (χ1) is 10.1. The first-order valence-electron chi connectivity index (χ1n) is 6.78. The highest BCUT2D eigenvalue weighted by molar-refractivity contribution is 5.96. The Labute approximate surface area is 121 Å². The van der Waals surface area contributed by atoms with Crippen LogP contribution >= 0.6 is 0 Å². The molecule has 0 spiro atoms. The van der Waals surface area contributed by atoms with Crippen LogP contribution in [-0.4, -0.2) is 37.6 Å². The van der Waals surface area contributed by atoms with Gasteiger partial charge in [-0.25, -0.2) is 4.39 Å². The Kier molecular flexibility index (Phi) is 5.24. The van der Waals surface area contributed by atoms with E-state index < -0.39 is 17.6 Å². The van der Waals surface area contributed by atoms with Crippen LogP contribution in [0, 0.1) is 5.82 Å². The maximum Gasteiger partial charge on any atom is 0.250 e. The molecule has 0 unspecified atom stereocenters. The molecule has 7 heteroatoms. The van der Waals surface area contributed by atoms with Crippen LogP contribution in [0.3, 0.4) is 0 Å². The minimum absolute atomic E-state index is 0.0406. The number of halogens is 1. The van der Waals surface area contributed by atoms with Crippen LogP contribution < -0.4 is 16.4 Å². The number of ether oxygens (including phenoxy) is 1. The van der Waals surface area contributed by atoms with Gasteiger partial charge in [-0.2, -0.15) is 0 Å². The Morgan fingerprint density at radius 2 is 2.10 bits per heavy atom. The van der Waals surface area contributed by atoms with Gasteiger partial charge in [0.2, 0.25) is 11.8 Å². The predicted molar refractivity (Wildman–Crippen MR) is 75.4 cm³/mol. The van der Waals surface area contributed by atoms with Crippen molar-refractivity contribution in [1.29, 1.82) is 0 Å². The van der Waals surface area contributed by atoms with Crippen molar-refractivity contribution in [3.8, 4) is 0 Å². The van der Waals surface area contributed by atoms with E-state index in [0.29, 0.717) is 0 Å². The third-order valence-corrected chi connectivity index (χ3v) is 3.26. The number of nitrogens with one attached hydrogen (secondary N) is 2. The van der Waals surface area contributed by atoms with Gasteiger partial charge in [0, 0.05) is 5.56 Å². The number of anilines is 1. The quantitative estimate of drug-likeness (QED) is 0.743. The zero-order valence-electron chi connectivity index (χ0n) is 11.5. The van der Waals surface area contributed by atoms with Gasteiger partial charge in [-0.3, -0.25) is 9.59 Å². The number of nitrogens with two attached hydrogens (primary N) is 1. The van der Waals surface area contributed by atoms with Crippen LogP contribution in [-0.2, 0) is 9.53 Å². The van der Waals surface area contributed by atoms with Crippen molar-refractivity contribution in [2.75, 3.05) is 25.0 Å². The number of amides is 2. The van der Waals surface area contributed by atoms with Crippen molar-refractivity contribution in [3.63, 3.8) is 0 Å². The molecule has 1 aliphatic rings. The summed E-state index contributed by atoms with van der Waals surface area (Å²) in [5, 5.41) is 5.58. The molecule has 1 saturated heterocycles. The molecule has 114 valence electrons. The number of piperidine rings is 1. The number of carbonyl (C=O) groups excluding carboxylic acids is 2. The van der Waals surface area contributed by atoms with Crippen molar-refractivity contribution in [2.24, 2.45) is 5.73 Å². The molecule has 0 radical (unpaired) electrons. The summed E-state index contributed by atoms with van der Waals surface area (Å²) in [6.45, 7) is 1.58. The summed E-state index contributed by atoms with van der Waals surface area (Å²) < 4.78 is 19.0. The molecule has 1 fully saturated rings. The highest BCUT2D eigenvalue weighted by atomic mass is 19.1. The van der Waals surface area contributed by atoms with Crippen LogP contribution in [0.4, 0.5) is 10.1 Å². The number of carbonyl (C=O) groups is 2. The van der Waals surface area contributed by atoms with Crippen molar-refractivity contribution < 1.29 is 18.7 Å². The minimum Gasteiger partial charge on any atom is -0.368 e. The van der Waals surface area contributed by atoms with E-state index in [0.717, 1.165) is 32.0 Å². The lowest BCUT2D eigenvalue weighted by molar-refractivity contribution is -0.123. The molecule has 6 nitrogen and oxygen atoms in total. The monoisotopic (exact) mass is 295 g/mol. The van der Waals surface area contributed by atoms with Crippen LogP contribution in [0.5, 0.6) is 0 Å². The van der Waals surface area contributed by atoms with Crippen molar-refractivity contribution in [1.82, 2.24) is 5.32 Å². The van der Waals surface area contributed by atoms with E-state index in [9.17, 15) is 14.0 Å². The second kappa shape index (κ2) is 7.14. The largest absolute Gasteiger partial charge is 0.368 e. The molecule has 0 atom stereocenters. The van der Waals surface area contributed by atoms with Gasteiger partial charge in [-0.05, 0) is 44.1 Å². The fourth-order valence-electron chi connectivity index (χ4n) is 2.12. The maximum absolute atomic E-state index is 13.6. The van der Waals surface area contributed by atoms with Gasteiger partial charge in [0.1, 0.15) is 12.4 Å². The van der Waals surface area contributed by atoms with Crippen molar-refractivity contribution in [3.05, 3.63) is 29.6 Å². The van der Waals surface area contributed by atoms with E-state index in [1.54, 1.807) is 0 Å². The van der Waals surface area contributed by atoms with E-state index >= 15 is 0 Å². The molecule has 1 aromatic carbocycles. The van der Waals surface area contributed by atoms with E-state index in [2.05, 4.69) is 10.6 Å². The van der Waals surface area contributed by atoms with E-state index in [1.807, 2.05) is 0 Å². The number of rotatable bonds is 5. The molecule has 1 aromatic rings. The average molecular weight is 295 g/mol. The zero-order chi connectivity index (χ0) is 15.2. The Morgan fingerprint density at radius 1 is 1.38 bits per heavy atom. The highest BCUT2D eigenvalue weighted by Gasteiger charge is 2.16. The third-order valence-electron chi connectivity index (χ3n) is 3.26. The molecule has 1 heterocycles. The fourth-order valence-corrected chi connectivity index (χ4v) is 2.12. The maximum atomic E-state index is 13.6. The van der Waals surface area contributed by atoms with E-state index in [-0.39, 0.29) is 24.0 Å². The lowest BCUT2D eigenvalue weighted by Crippen LogP contribution is -2.34. The summed E-state index contributed by atoms with van der Waals surface area (Å²) in [7, 11) is 0. The summed E-state index contributed by atoms with van der Waals surface area (Å²) >= 11 is 0. The molecule has 4 N–H and O–H groups in total. The minimum atomic E-state index is -0.684. The molecule has 2 rings (SSSR count).